The van der Waals surface area contributed by atoms with Crippen molar-refractivity contribution in [3.8, 4) is 0 Å². The molecule has 0 saturated carbocycles. The Morgan fingerprint density at radius 1 is 1.53 bits per heavy atom. The molecule has 0 saturated heterocycles. The number of aromatic amines is 1. The van der Waals surface area contributed by atoms with Gasteiger partial charge in [-0.25, -0.2) is 4.98 Å². The number of nitrogens with zero attached hydrogens (tertiary/aromatic N) is 1. The van der Waals surface area contributed by atoms with Crippen molar-refractivity contribution in [1.82, 2.24) is 9.97 Å². The lowest BCUT2D eigenvalue weighted by molar-refractivity contribution is 0.0229. The summed E-state index contributed by atoms with van der Waals surface area (Å²) >= 11 is 0. The summed E-state index contributed by atoms with van der Waals surface area (Å²) in [5.74, 6) is 0.851. The Kier molecular flexibility index (Phi) is 5.31. The summed E-state index contributed by atoms with van der Waals surface area (Å²) in [7, 11) is 0. The smallest absolute Gasteiger partial charge is 0.251 e. The molecule has 0 aromatic carbocycles. The van der Waals surface area contributed by atoms with Gasteiger partial charge < -0.3 is 15.5 Å². The first-order valence-electron chi connectivity index (χ1n) is 6.00. The summed E-state index contributed by atoms with van der Waals surface area (Å²) in [5, 5.41) is 0. The zero-order valence-electron chi connectivity index (χ0n) is 10.7. The molecule has 96 valence electrons. The highest BCUT2D eigenvalue weighted by Gasteiger charge is 2.19. The van der Waals surface area contributed by atoms with E-state index in [4.69, 9.17) is 10.5 Å². The van der Waals surface area contributed by atoms with E-state index in [9.17, 15) is 4.79 Å². The number of rotatable bonds is 6. The van der Waals surface area contributed by atoms with E-state index < -0.39 is 0 Å². The minimum Gasteiger partial charge on any atom is -0.370 e. The number of hydrogen-bond donors (Lipinski definition) is 2. The highest BCUT2D eigenvalue weighted by atomic mass is 16.5. The van der Waals surface area contributed by atoms with E-state index in [0.29, 0.717) is 25.4 Å². The third kappa shape index (κ3) is 3.94. The molecule has 1 rings (SSSR count). The Morgan fingerprint density at radius 3 is 2.76 bits per heavy atom. The molecule has 0 aliphatic carbocycles. The monoisotopic (exact) mass is 239 g/mol. The molecular formula is C12H21N3O2. The van der Waals surface area contributed by atoms with E-state index in [-0.39, 0.29) is 17.6 Å². The standard InChI is InChI=1S/C12H21N3O2/c1-4-17-11(8(2)3)12-14-9(5-6-13)7-10(16)15-12/h7-8,11H,4-6,13H2,1-3H3,(H,14,15,16). The van der Waals surface area contributed by atoms with E-state index in [0.717, 1.165) is 5.69 Å². The van der Waals surface area contributed by atoms with E-state index in [1.807, 2.05) is 20.8 Å². The summed E-state index contributed by atoms with van der Waals surface area (Å²) in [6.07, 6.45) is 0.429. The first-order valence-corrected chi connectivity index (χ1v) is 6.00. The lowest BCUT2D eigenvalue weighted by Gasteiger charge is -2.20. The first kappa shape index (κ1) is 13.9. The lowest BCUT2D eigenvalue weighted by Crippen LogP contribution is -2.21. The molecule has 1 unspecified atom stereocenters. The molecule has 1 heterocycles. The van der Waals surface area contributed by atoms with Crippen LogP contribution in [0.4, 0.5) is 0 Å². The fourth-order valence-electron chi connectivity index (χ4n) is 1.71. The van der Waals surface area contributed by atoms with Crippen LogP contribution in [-0.2, 0) is 11.2 Å². The van der Waals surface area contributed by atoms with Gasteiger partial charge in [0.2, 0.25) is 0 Å². The SMILES string of the molecule is CCOC(c1nc(CCN)cc(=O)[nH]1)C(C)C. The Hall–Kier alpha value is -1.20. The van der Waals surface area contributed by atoms with E-state index in [1.165, 1.54) is 6.07 Å². The summed E-state index contributed by atoms with van der Waals surface area (Å²) < 4.78 is 5.61. The number of hydrogen-bond acceptors (Lipinski definition) is 4. The maximum absolute atomic E-state index is 11.5. The molecule has 0 fully saturated rings. The van der Waals surface area contributed by atoms with Crippen LogP contribution in [0.5, 0.6) is 0 Å². The average molecular weight is 239 g/mol. The van der Waals surface area contributed by atoms with Gasteiger partial charge >= 0.3 is 0 Å². The lowest BCUT2D eigenvalue weighted by atomic mass is 10.1. The number of nitrogens with two attached hydrogens (primary N) is 1. The van der Waals surface area contributed by atoms with Gasteiger partial charge in [-0.05, 0) is 19.4 Å². The fraction of sp³-hybridized carbons (Fsp3) is 0.667. The van der Waals surface area contributed by atoms with Gasteiger partial charge in [0.25, 0.3) is 5.56 Å². The Morgan fingerprint density at radius 2 is 2.24 bits per heavy atom. The van der Waals surface area contributed by atoms with Crippen LogP contribution >= 0.6 is 0 Å². The molecule has 5 nitrogen and oxygen atoms in total. The van der Waals surface area contributed by atoms with Crippen molar-refractivity contribution < 1.29 is 4.74 Å². The Labute approximate surface area is 101 Å². The van der Waals surface area contributed by atoms with Crippen LogP contribution in [0.3, 0.4) is 0 Å². The summed E-state index contributed by atoms with van der Waals surface area (Å²) in [5.41, 5.74) is 6.04. The molecule has 17 heavy (non-hydrogen) atoms. The van der Waals surface area contributed by atoms with E-state index in [1.54, 1.807) is 0 Å². The molecule has 0 aliphatic heterocycles. The van der Waals surface area contributed by atoms with Gasteiger partial charge in [0.1, 0.15) is 11.9 Å². The van der Waals surface area contributed by atoms with Crippen molar-refractivity contribution in [2.24, 2.45) is 11.7 Å². The van der Waals surface area contributed by atoms with Gasteiger partial charge in [-0.15, -0.1) is 0 Å². The van der Waals surface area contributed by atoms with Gasteiger partial charge in [0.15, 0.2) is 0 Å². The summed E-state index contributed by atoms with van der Waals surface area (Å²) in [4.78, 5) is 18.7. The normalized spacial score (nSPS) is 13.0. The molecule has 1 atom stereocenters. The van der Waals surface area contributed by atoms with Gasteiger partial charge in [0.05, 0.1) is 0 Å². The third-order valence-electron chi connectivity index (χ3n) is 2.43. The predicted octanol–water partition coefficient (Wildman–Crippen LogP) is 1.00. The maximum Gasteiger partial charge on any atom is 0.251 e. The molecule has 0 spiro atoms. The molecule has 5 heteroatoms. The molecule has 0 radical (unpaired) electrons. The minimum absolute atomic E-state index is 0.149. The van der Waals surface area contributed by atoms with Crippen LogP contribution in [0.15, 0.2) is 10.9 Å². The molecule has 0 bridgehead atoms. The van der Waals surface area contributed by atoms with Gasteiger partial charge in [-0.2, -0.15) is 0 Å². The highest BCUT2D eigenvalue weighted by molar-refractivity contribution is 5.05. The zero-order chi connectivity index (χ0) is 12.8. The van der Waals surface area contributed by atoms with Crippen LogP contribution in [0.1, 0.15) is 38.4 Å². The predicted molar refractivity (Wildman–Crippen MR) is 66.8 cm³/mol. The Balaban J connectivity index is 3.05. The van der Waals surface area contributed by atoms with Crippen LogP contribution in [0.2, 0.25) is 0 Å². The van der Waals surface area contributed by atoms with Gasteiger partial charge in [-0.1, -0.05) is 13.8 Å². The van der Waals surface area contributed by atoms with Crippen molar-refractivity contribution in [3.05, 3.63) is 27.9 Å². The highest BCUT2D eigenvalue weighted by Crippen LogP contribution is 2.21. The molecular weight excluding hydrogens is 218 g/mol. The summed E-state index contributed by atoms with van der Waals surface area (Å²) in [6.45, 7) is 7.08. The van der Waals surface area contributed by atoms with Crippen molar-refractivity contribution in [2.75, 3.05) is 13.2 Å². The third-order valence-corrected chi connectivity index (χ3v) is 2.43. The molecule has 1 aromatic heterocycles. The second-order valence-corrected chi connectivity index (χ2v) is 4.28. The average Bonchev–Trinajstić information content (AvgIpc) is 2.25. The van der Waals surface area contributed by atoms with Crippen LogP contribution in [0, 0.1) is 5.92 Å². The van der Waals surface area contributed by atoms with E-state index >= 15 is 0 Å². The first-order chi connectivity index (χ1) is 8.08. The maximum atomic E-state index is 11.5. The number of H-pyrrole nitrogens is 1. The quantitative estimate of drug-likeness (QED) is 0.776. The fourth-order valence-corrected chi connectivity index (χ4v) is 1.71. The topological polar surface area (TPSA) is 81.0 Å². The van der Waals surface area contributed by atoms with Crippen LogP contribution in [0.25, 0.3) is 0 Å². The molecule has 0 aliphatic rings. The minimum atomic E-state index is -0.176. The van der Waals surface area contributed by atoms with Crippen molar-refractivity contribution in [2.45, 2.75) is 33.3 Å². The van der Waals surface area contributed by atoms with Gasteiger partial charge in [-0.3, -0.25) is 4.79 Å². The molecule has 1 aromatic rings. The Bertz CT molecular complexity index is 401. The largest absolute Gasteiger partial charge is 0.370 e. The second kappa shape index (κ2) is 6.51. The zero-order valence-corrected chi connectivity index (χ0v) is 10.7. The van der Waals surface area contributed by atoms with E-state index in [2.05, 4.69) is 9.97 Å². The number of ether oxygens (including phenoxy) is 1. The van der Waals surface area contributed by atoms with Crippen molar-refractivity contribution >= 4 is 0 Å². The molecule has 3 N–H and O–H groups in total. The van der Waals surface area contributed by atoms with Gasteiger partial charge in [0, 0.05) is 24.8 Å². The van der Waals surface area contributed by atoms with Crippen molar-refractivity contribution in [3.63, 3.8) is 0 Å². The van der Waals surface area contributed by atoms with Crippen LogP contribution in [-0.4, -0.2) is 23.1 Å². The summed E-state index contributed by atoms with van der Waals surface area (Å²) in [6, 6.07) is 1.49. The number of nitrogens with one attached hydrogen (secondary N) is 1. The second-order valence-electron chi connectivity index (χ2n) is 4.28. The van der Waals surface area contributed by atoms with Crippen molar-refractivity contribution in [1.29, 1.82) is 0 Å². The number of aromatic nitrogens is 2. The van der Waals surface area contributed by atoms with Crippen LogP contribution < -0.4 is 11.3 Å². The molecule has 0 amide bonds.